The second-order valence-corrected chi connectivity index (χ2v) is 10.8. The van der Waals surface area contributed by atoms with Crippen LogP contribution in [0.25, 0.3) is 0 Å². The van der Waals surface area contributed by atoms with Crippen LogP contribution in [0.4, 0.5) is 0 Å². The summed E-state index contributed by atoms with van der Waals surface area (Å²) in [6, 6.07) is 9.12. The Labute approximate surface area is 228 Å². The molecule has 10 heteroatoms. The summed E-state index contributed by atoms with van der Waals surface area (Å²) in [7, 11) is 0. The van der Waals surface area contributed by atoms with Crippen LogP contribution in [0.3, 0.4) is 0 Å². The molecule has 2 N–H and O–H groups in total. The molecule has 3 aliphatic rings. The molecular weight excluding hydrogens is 502 g/mol. The number of cyclic esters (lactones) is 1. The number of amides is 1. The maximum atomic E-state index is 13.4. The first kappa shape index (κ1) is 27.4. The third kappa shape index (κ3) is 6.51. The monoisotopic (exact) mass is 539 g/mol. The predicted molar refractivity (Wildman–Crippen MR) is 141 cm³/mol. The Morgan fingerprint density at radius 1 is 0.923 bits per heavy atom. The minimum Gasteiger partial charge on any atom is -0.462 e. The number of rotatable bonds is 3. The third-order valence-electron chi connectivity index (χ3n) is 8.17. The first-order valence-electron chi connectivity index (χ1n) is 13.8. The van der Waals surface area contributed by atoms with Crippen LogP contribution in [0.5, 0.6) is 11.5 Å². The van der Waals surface area contributed by atoms with E-state index in [1.165, 1.54) is 5.56 Å². The minimum atomic E-state index is -1.22. The summed E-state index contributed by atoms with van der Waals surface area (Å²) in [6.45, 7) is 2.94. The third-order valence-corrected chi connectivity index (χ3v) is 8.17. The number of esters is 1. The Hall–Kier alpha value is -3.21. The number of fused-ring (bicyclic) bond motifs is 1. The Morgan fingerprint density at radius 2 is 1.69 bits per heavy atom. The number of pyridine rings is 1. The van der Waals surface area contributed by atoms with Gasteiger partial charge in [0.15, 0.2) is 11.5 Å². The number of carbonyl (C=O) groups excluding carboxylic acids is 2. The van der Waals surface area contributed by atoms with E-state index in [-0.39, 0.29) is 38.2 Å². The van der Waals surface area contributed by atoms with Gasteiger partial charge in [0.1, 0.15) is 12.7 Å². The summed E-state index contributed by atoms with van der Waals surface area (Å²) in [5, 5.41) is 21.1. The van der Waals surface area contributed by atoms with Crippen LogP contribution in [-0.2, 0) is 16.1 Å². The highest BCUT2D eigenvalue weighted by molar-refractivity contribution is 5.95. The highest BCUT2D eigenvalue weighted by Crippen LogP contribution is 2.39. The lowest BCUT2D eigenvalue weighted by Crippen LogP contribution is -2.45. The van der Waals surface area contributed by atoms with E-state index < -0.39 is 17.6 Å². The average molecular weight is 540 g/mol. The molecule has 1 aromatic heterocycles. The molecule has 0 aliphatic carbocycles. The van der Waals surface area contributed by atoms with Crippen LogP contribution < -0.4 is 9.47 Å². The molecule has 2 saturated heterocycles. The molecule has 0 saturated carbocycles. The van der Waals surface area contributed by atoms with Gasteiger partial charge in [0.05, 0.1) is 11.5 Å². The van der Waals surface area contributed by atoms with Gasteiger partial charge < -0.3 is 29.3 Å². The van der Waals surface area contributed by atoms with Crippen molar-refractivity contribution in [1.82, 2.24) is 14.8 Å². The zero-order valence-electron chi connectivity index (χ0n) is 22.2. The highest BCUT2D eigenvalue weighted by Gasteiger charge is 2.42. The van der Waals surface area contributed by atoms with Gasteiger partial charge in [-0.2, -0.15) is 0 Å². The van der Waals surface area contributed by atoms with E-state index in [0.717, 1.165) is 26.1 Å². The number of likely N-dealkylation sites (tertiary alicyclic amines) is 1. The summed E-state index contributed by atoms with van der Waals surface area (Å²) in [5.74, 6) is 0.674. The number of ether oxygens (including phenoxy) is 3. The van der Waals surface area contributed by atoms with Crippen molar-refractivity contribution in [3.8, 4) is 11.5 Å². The Bertz CT molecular complexity index is 1140. The predicted octanol–water partition coefficient (Wildman–Crippen LogP) is 2.37. The Morgan fingerprint density at radius 3 is 2.49 bits per heavy atom. The smallest absolute Gasteiger partial charge is 0.312 e. The summed E-state index contributed by atoms with van der Waals surface area (Å²) < 4.78 is 16.4. The molecule has 1 aromatic carbocycles. The number of aromatic nitrogens is 1. The van der Waals surface area contributed by atoms with E-state index in [1.807, 2.05) is 12.1 Å². The quantitative estimate of drug-likeness (QED) is 0.566. The van der Waals surface area contributed by atoms with E-state index >= 15 is 0 Å². The van der Waals surface area contributed by atoms with Crippen LogP contribution in [0.2, 0.25) is 0 Å². The van der Waals surface area contributed by atoms with Gasteiger partial charge in [0.2, 0.25) is 6.79 Å². The first-order chi connectivity index (χ1) is 18.9. The number of nitrogens with zero attached hydrogens (tertiary/aromatic N) is 3. The van der Waals surface area contributed by atoms with Crippen molar-refractivity contribution in [2.45, 2.75) is 57.3 Å². The number of carbonyl (C=O) groups is 2. The number of aliphatic hydroxyl groups is 2. The molecule has 10 nitrogen and oxygen atoms in total. The average Bonchev–Trinajstić information content (AvgIpc) is 3.44. The highest BCUT2D eigenvalue weighted by atomic mass is 16.7. The summed E-state index contributed by atoms with van der Waals surface area (Å²) in [5.41, 5.74) is 1.03. The maximum Gasteiger partial charge on any atom is 0.312 e. The lowest BCUT2D eigenvalue weighted by atomic mass is 9.74. The van der Waals surface area contributed by atoms with Gasteiger partial charge in [-0.15, -0.1) is 0 Å². The van der Waals surface area contributed by atoms with E-state index in [1.54, 1.807) is 35.5 Å². The topological polar surface area (TPSA) is 122 Å². The van der Waals surface area contributed by atoms with Gasteiger partial charge in [-0.25, -0.2) is 0 Å². The fourth-order valence-electron chi connectivity index (χ4n) is 5.64. The SMILES string of the molecule is O=C(c1ccc2c(c1)OCO2)N1CCCCC2(CCN(Cc3ccncc3)CC2)C(=O)OC[C@@H](O)[C@@H](O)CC1. The lowest BCUT2D eigenvalue weighted by Gasteiger charge is -2.40. The normalized spacial score (nSPS) is 24.4. The fraction of sp³-hybridized carbons (Fsp3) is 0.552. The summed E-state index contributed by atoms with van der Waals surface area (Å²) in [6.07, 6.45) is 4.85. The first-order valence-corrected chi connectivity index (χ1v) is 13.8. The van der Waals surface area contributed by atoms with E-state index in [0.29, 0.717) is 49.3 Å². The Balaban J connectivity index is 1.25. The molecule has 0 radical (unpaired) electrons. The molecular formula is C29H37N3O7. The van der Waals surface area contributed by atoms with Crippen LogP contribution in [0.15, 0.2) is 42.7 Å². The van der Waals surface area contributed by atoms with Crippen LogP contribution >= 0.6 is 0 Å². The molecule has 3 aliphatic heterocycles. The number of benzene rings is 1. The molecule has 2 atom stereocenters. The number of piperidine rings is 1. The zero-order valence-corrected chi connectivity index (χ0v) is 22.2. The van der Waals surface area contributed by atoms with Gasteiger partial charge in [-0.1, -0.05) is 6.42 Å². The van der Waals surface area contributed by atoms with Gasteiger partial charge in [-0.3, -0.25) is 19.5 Å². The Kier molecular flexibility index (Phi) is 8.64. The summed E-state index contributed by atoms with van der Waals surface area (Å²) >= 11 is 0. The van der Waals surface area contributed by atoms with E-state index in [9.17, 15) is 19.8 Å². The molecule has 5 rings (SSSR count). The largest absolute Gasteiger partial charge is 0.462 e. The zero-order chi connectivity index (χ0) is 27.2. The van der Waals surface area contributed by atoms with Crippen molar-refractivity contribution in [1.29, 1.82) is 0 Å². The molecule has 1 amide bonds. The van der Waals surface area contributed by atoms with Crippen molar-refractivity contribution >= 4 is 11.9 Å². The lowest BCUT2D eigenvalue weighted by molar-refractivity contribution is -0.165. The van der Waals surface area contributed by atoms with Crippen molar-refractivity contribution in [2.75, 3.05) is 39.6 Å². The van der Waals surface area contributed by atoms with E-state index in [2.05, 4.69) is 9.88 Å². The van der Waals surface area contributed by atoms with Gasteiger partial charge >= 0.3 is 5.97 Å². The second kappa shape index (κ2) is 12.3. The number of hydrogen-bond acceptors (Lipinski definition) is 9. The molecule has 1 spiro atoms. The molecule has 210 valence electrons. The minimum absolute atomic E-state index is 0.130. The van der Waals surface area contributed by atoms with Crippen molar-refractivity contribution in [3.63, 3.8) is 0 Å². The van der Waals surface area contributed by atoms with Crippen molar-refractivity contribution < 1.29 is 34.0 Å². The van der Waals surface area contributed by atoms with Crippen molar-refractivity contribution in [2.24, 2.45) is 5.41 Å². The standard InChI is InChI=1S/C29H37N3O7/c33-23-7-14-32(27(35)22-3-4-25-26(17-22)39-20-38-25)13-2-1-8-29(28(36)37-19-24(23)34)9-15-31(16-10-29)18-21-5-11-30-12-6-21/h3-6,11-12,17,23-24,33-34H,1-2,7-10,13-16,18-20H2/t23-,24+/m0/s1. The van der Waals surface area contributed by atoms with Gasteiger partial charge in [0, 0.05) is 37.6 Å². The molecule has 0 unspecified atom stereocenters. The molecule has 2 fully saturated rings. The maximum absolute atomic E-state index is 13.4. The van der Waals surface area contributed by atoms with Crippen LogP contribution in [-0.4, -0.2) is 88.7 Å². The number of aliphatic hydroxyl groups excluding tert-OH is 2. The fourth-order valence-corrected chi connectivity index (χ4v) is 5.64. The molecule has 2 aromatic rings. The van der Waals surface area contributed by atoms with Gasteiger partial charge in [-0.05, 0) is 81.1 Å². The van der Waals surface area contributed by atoms with Gasteiger partial charge in [0.25, 0.3) is 5.91 Å². The van der Waals surface area contributed by atoms with Crippen molar-refractivity contribution in [3.05, 3.63) is 53.9 Å². The number of hydrogen-bond donors (Lipinski definition) is 2. The second-order valence-electron chi connectivity index (χ2n) is 10.8. The molecule has 0 bridgehead atoms. The van der Waals surface area contributed by atoms with E-state index in [4.69, 9.17) is 14.2 Å². The molecule has 39 heavy (non-hydrogen) atoms. The summed E-state index contributed by atoms with van der Waals surface area (Å²) in [4.78, 5) is 34.9. The molecule has 4 heterocycles. The van der Waals surface area contributed by atoms with Crippen LogP contribution in [0.1, 0.15) is 54.4 Å². The van der Waals surface area contributed by atoms with Crippen LogP contribution in [0, 0.1) is 5.41 Å².